The highest BCUT2D eigenvalue weighted by atomic mass is 32.1. The molecule has 0 bridgehead atoms. The Hall–Kier alpha value is -3.05. The Morgan fingerprint density at radius 3 is 2.72 bits per heavy atom. The SMILES string of the molecule is O=c1/c(=C/C2=CCN=C2c2ccccc2)sc2nc3ccccc3n12. The first kappa shape index (κ1) is 14.3. The Labute approximate surface area is 147 Å². The summed E-state index contributed by atoms with van der Waals surface area (Å²) in [7, 11) is 0. The van der Waals surface area contributed by atoms with E-state index in [-0.39, 0.29) is 5.56 Å². The van der Waals surface area contributed by atoms with Crippen molar-refractivity contribution in [2.75, 3.05) is 6.54 Å². The maximum Gasteiger partial charge on any atom is 0.274 e. The maximum absolute atomic E-state index is 12.9. The summed E-state index contributed by atoms with van der Waals surface area (Å²) >= 11 is 1.42. The van der Waals surface area contributed by atoms with Crippen molar-refractivity contribution in [2.24, 2.45) is 4.99 Å². The molecule has 0 saturated carbocycles. The highest BCUT2D eigenvalue weighted by Gasteiger charge is 2.14. The molecule has 120 valence electrons. The molecule has 0 N–H and O–H groups in total. The fourth-order valence-electron chi connectivity index (χ4n) is 3.16. The number of thiazole rings is 1. The summed E-state index contributed by atoms with van der Waals surface area (Å²) in [5.74, 6) is 0. The number of aliphatic imine (C=N–C) groups is 1. The third kappa shape index (κ3) is 2.24. The van der Waals surface area contributed by atoms with E-state index in [1.165, 1.54) is 11.3 Å². The first-order chi connectivity index (χ1) is 12.3. The molecule has 4 nitrogen and oxygen atoms in total. The quantitative estimate of drug-likeness (QED) is 0.562. The van der Waals surface area contributed by atoms with Crippen molar-refractivity contribution >= 4 is 39.1 Å². The summed E-state index contributed by atoms with van der Waals surface area (Å²) < 4.78 is 2.38. The third-order valence-electron chi connectivity index (χ3n) is 4.31. The lowest BCUT2D eigenvalue weighted by atomic mass is 10.0. The van der Waals surface area contributed by atoms with E-state index in [4.69, 9.17) is 0 Å². The first-order valence-electron chi connectivity index (χ1n) is 8.03. The molecule has 5 rings (SSSR count). The van der Waals surface area contributed by atoms with Crippen LogP contribution in [0.2, 0.25) is 0 Å². The number of benzene rings is 2. The Bertz CT molecular complexity index is 1280. The van der Waals surface area contributed by atoms with Crippen LogP contribution in [0.1, 0.15) is 5.56 Å². The lowest BCUT2D eigenvalue weighted by molar-refractivity contribution is 1.19. The van der Waals surface area contributed by atoms with Gasteiger partial charge in [0.05, 0.1) is 27.8 Å². The van der Waals surface area contributed by atoms with Gasteiger partial charge in [0.25, 0.3) is 5.56 Å². The van der Waals surface area contributed by atoms with Gasteiger partial charge in [-0.15, -0.1) is 0 Å². The molecule has 0 saturated heterocycles. The molecule has 0 radical (unpaired) electrons. The van der Waals surface area contributed by atoms with Crippen molar-refractivity contribution < 1.29 is 0 Å². The van der Waals surface area contributed by atoms with Crippen LogP contribution in [0.3, 0.4) is 0 Å². The van der Waals surface area contributed by atoms with Gasteiger partial charge in [-0.3, -0.25) is 9.79 Å². The van der Waals surface area contributed by atoms with Crippen LogP contribution < -0.4 is 10.1 Å². The average molecular weight is 343 g/mol. The van der Waals surface area contributed by atoms with E-state index >= 15 is 0 Å². The van der Waals surface area contributed by atoms with Gasteiger partial charge < -0.3 is 0 Å². The van der Waals surface area contributed by atoms with Gasteiger partial charge in [-0.25, -0.2) is 9.38 Å². The molecule has 0 atom stereocenters. The van der Waals surface area contributed by atoms with E-state index in [0.717, 1.165) is 32.8 Å². The molecular weight excluding hydrogens is 330 g/mol. The smallest absolute Gasteiger partial charge is 0.274 e. The Morgan fingerprint density at radius 1 is 1.04 bits per heavy atom. The topological polar surface area (TPSA) is 46.7 Å². The largest absolute Gasteiger partial charge is 0.280 e. The molecule has 0 spiro atoms. The number of imidazole rings is 1. The van der Waals surface area contributed by atoms with Gasteiger partial charge in [0.2, 0.25) is 0 Å². The van der Waals surface area contributed by atoms with Crippen LogP contribution in [0, 0.1) is 0 Å². The Kier molecular flexibility index (Phi) is 3.15. The van der Waals surface area contributed by atoms with Gasteiger partial charge in [0.15, 0.2) is 4.96 Å². The van der Waals surface area contributed by atoms with E-state index in [1.807, 2.05) is 60.7 Å². The second kappa shape index (κ2) is 5.50. The number of allylic oxidation sites excluding steroid dienone is 1. The maximum atomic E-state index is 12.9. The molecule has 2 aromatic heterocycles. The van der Waals surface area contributed by atoms with Crippen LogP contribution in [0.15, 0.2) is 76.0 Å². The molecule has 1 aliphatic heterocycles. The standard InChI is InChI=1S/C20H13N3OS/c24-19-17(25-20-22-15-8-4-5-9-16(15)23(19)20)12-14-10-11-21-18(14)13-6-2-1-3-7-13/h1-10,12H,11H2/b17-12-. The number of hydrogen-bond donors (Lipinski definition) is 0. The van der Waals surface area contributed by atoms with E-state index < -0.39 is 0 Å². The molecule has 25 heavy (non-hydrogen) atoms. The third-order valence-corrected chi connectivity index (χ3v) is 5.28. The second-order valence-corrected chi connectivity index (χ2v) is 6.86. The molecule has 2 aromatic carbocycles. The van der Waals surface area contributed by atoms with Crippen LogP contribution in [0.4, 0.5) is 0 Å². The number of fused-ring (bicyclic) bond motifs is 3. The molecule has 4 aromatic rings. The number of para-hydroxylation sites is 2. The molecule has 3 heterocycles. The van der Waals surface area contributed by atoms with Gasteiger partial charge in [-0.05, 0) is 23.8 Å². The fraction of sp³-hybridized carbons (Fsp3) is 0.0500. The molecule has 0 fully saturated rings. The van der Waals surface area contributed by atoms with Gasteiger partial charge in [0, 0.05) is 5.56 Å². The van der Waals surface area contributed by atoms with E-state index in [2.05, 4.69) is 16.1 Å². The zero-order valence-corrected chi connectivity index (χ0v) is 14.0. The molecule has 0 amide bonds. The summed E-state index contributed by atoms with van der Waals surface area (Å²) in [6.07, 6.45) is 4.00. The zero-order valence-electron chi connectivity index (χ0n) is 13.2. The zero-order chi connectivity index (χ0) is 16.8. The van der Waals surface area contributed by atoms with E-state index in [0.29, 0.717) is 11.1 Å². The van der Waals surface area contributed by atoms with Crippen molar-refractivity contribution in [1.82, 2.24) is 9.38 Å². The van der Waals surface area contributed by atoms with Crippen LogP contribution >= 0.6 is 11.3 Å². The lowest BCUT2D eigenvalue weighted by Crippen LogP contribution is -2.23. The molecule has 5 heteroatoms. The monoisotopic (exact) mass is 343 g/mol. The van der Waals surface area contributed by atoms with Crippen LogP contribution in [-0.2, 0) is 0 Å². The van der Waals surface area contributed by atoms with Crippen molar-refractivity contribution in [2.45, 2.75) is 0 Å². The van der Waals surface area contributed by atoms with Crippen LogP contribution in [-0.4, -0.2) is 21.6 Å². The van der Waals surface area contributed by atoms with Crippen molar-refractivity contribution in [3.8, 4) is 0 Å². The highest BCUT2D eigenvalue weighted by Crippen LogP contribution is 2.18. The number of hydrogen-bond acceptors (Lipinski definition) is 4. The Balaban J connectivity index is 1.67. The number of aromatic nitrogens is 2. The Morgan fingerprint density at radius 2 is 1.84 bits per heavy atom. The minimum atomic E-state index is -0.0195. The summed E-state index contributed by atoms with van der Waals surface area (Å²) in [6, 6.07) is 17.8. The molecule has 0 unspecified atom stereocenters. The summed E-state index contributed by atoms with van der Waals surface area (Å²) in [6.45, 7) is 0.649. The van der Waals surface area contributed by atoms with Crippen molar-refractivity contribution in [3.63, 3.8) is 0 Å². The normalized spacial score (nSPS) is 15.1. The summed E-state index contributed by atoms with van der Waals surface area (Å²) in [4.78, 5) is 22.7. The predicted octanol–water partition coefficient (Wildman–Crippen LogP) is 2.84. The lowest BCUT2D eigenvalue weighted by Gasteiger charge is -2.02. The summed E-state index contributed by atoms with van der Waals surface area (Å²) in [5, 5.41) is 0. The van der Waals surface area contributed by atoms with Gasteiger partial charge in [-0.1, -0.05) is 59.9 Å². The molecule has 1 aliphatic rings. The minimum absolute atomic E-state index is 0.0195. The predicted molar refractivity (Wildman–Crippen MR) is 102 cm³/mol. The van der Waals surface area contributed by atoms with E-state index in [1.54, 1.807) is 4.40 Å². The van der Waals surface area contributed by atoms with Crippen molar-refractivity contribution in [3.05, 3.63) is 86.7 Å². The second-order valence-electron chi connectivity index (χ2n) is 5.85. The van der Waals surface area contributed by atoms with Gasteiger partial charge >= 0.3 is 0 Å². The molecular formula is C20H13N3OS. The van der Waals surface area contributed by atoms with Gasteiger partial charge in [-0.2, -0.15) is 0 Å². The number of rotatable bonds is 2. The summed E-state index contributed by atoms with van der Waals surface area (Å²) in [5.41, 5.74) is 4.70. The molecule has 0 aliphatic carbocycles. The van der Waals surface area contributed by atoms with Gasteiger partial charge in [0.1, 0.15) is 0 Å². The fourth-order valence-corrected chi connectivity index (χ4v) is 4.14. The minimum Gasteiger partial charge on any atom is -0.280 e. The van der Waals surface area contributed by atoms with Crippen LogP contribution in [0.5, 0.6) is 0 Å². The van der Waals surface area contributed by atoms with E-state index in [9.17, 15) is 4.79 Å². The average Bonchev–Trinajstić information content (AvgIpc) is 3.32. The number of nitrogens with zero attached hydrogens (tertiary/aromatic N) is 3. The van der Waals surface area contributed by atoms with Crippen LogP contribution in [0.25, 0.3) is 22.1 Å². The van der Waals surface area contributed by atoms with Crippen molar-refractivity contribution in [1.29, 1.82) is 0 Å². The highest BCUT2D eigenvalue weighted by molar-refractivity contribution is 7.15. The first-order valence-corrected chi connectivity index (χ1v) is 8.85.